The Balaban J connectivity index is 2.43. The highest BCUT2D eigenvalue weighted by atomic mass is 16.4. The minimum Gasteiger partial charge on any atom is -0.481 e. The SMILES string of the molecule is Cc1cc(C)c(-n2nnnc2CCC(=O)O)c(C)c1. The summed E-state index contributed by atoms with van der Waals surface area (Å²) in [7, 11) is 0. The highest BCUT2D eigenvalue weighted by molar-refractivity contribution is 5.66. The van der Waals surface area contributed by atoms with E-state index in [-0.39, 0.29) is 6.42 Å². The van der Waals surface area contributed by atoms with E-state index in [4.69, 9.17) is 5.11 Å². The molecule has 0 unspecified atom stereocenters. The van der Waals surface area contributed by atoms with Gasteiger partial charge in [-0.2, -0.15) is 4.68 Å². The number of nitrogens with zero attached hydrogens (tertiary/aromatic N) is 4. The molecule has 0 fully saturated rings. The van der Waals surface area contributed by atoms with Gasteiger partial charge in [-0.15, -0.1) is 5.10 Å². The fourth-order valence-corrected chi connectivity index (χ4v) is 2.26. The monoisotopic (exact) mass is 260 g/mol. The van der Waals surface area contributed by atoms with E-state index in [2.05, 4.69) is 27.7 Å². The molecule has 2 rings (SSSR count). The van der Waals surface area contributed by atoms with Crippen LogP contribution in [0.1, 0.15) is 28.9 Å². The number of tetrazole rings is 1. The Morgan fingerprint density at radius 1 is 1.26 bits per heavy atom. The van der Waals surface area contributed by atoms with Crippen molar-refractivity contribution < 1.29 is 9.90 Å². The van der Waals surface area contributed by atoms with Crippen LogP contribution in [0, 0.1) is 20.8 Å². The maximum absolute atomic E-state index is 10.6. The molecule has 0 radical (unpaired) electrons. The van der Waals surface area contributed by atoms with E-state index in [9.17, 15) is 4.79 Å². The Bertz CT molecular complexity index is 596. The minimum absolute atomic E-state index is 0.0182. The number of aryl methyl sites for hydroxylation is 4. The lowest BCUT2D eigenvalue weighted by molar-refractivity contribution is -0.137. The number of hydrogen-bond acceptors (Lipinski definition) is 4. The first-order chi connectivity index (χ1) is 8.99. The molecular weight excluding hydrogens is 244 g/mol. The molecule has 0 aliphatic heterocycles. The van der Waals surface area contributed by atoms with Gasteiger partial charge in [0.2, 0.25) is 0 Å². The summed E-state index contributed by atoms with van der Waals surface area (Å²) >= 11 is 0. The molecule has 0 amide bonds. The van der Waals surface area contributed by atoms with Gasteiger partial charge in [-0.25, -0.2) is 0 Å². The Kier molecular flexibility index (Phi) is 3.59. The molecule has 6 nitrogen and oxygen atoms in total. The number of rotatable bonds is 4. The van der Waals surface area contributed by atoms with Crippen LogP contribution in [0.25, 0.3) is 5.69 Å². The van der Waals surface area contributed by atoms with Crippen molar-refractivity contribution in [1.29, 1.82) is 0 Å². The van der Waals surface area contributed by atoms with Gasteiger partial charge in [-0.3, -0.25) is 4.79 Å². The fraction of sp³-hybridized carbons (Fsp3) is 0.385. The average Bonchev–Trinajstić information content (AvgIpc) is 2.73. The van der Waals surface area contributed by atoms with Gasteiger partial charge in [0.1, 0.15) is 0 Å². The number of aliphatic carboxylic acids is 1. The van der Waals surface area contributed by atoms with Crippen LogP contribution in [-0.2, 0) is 11.2 Å². The molecule has 0 saturated heterocycles. The molecule has 0 atom stereocenters. The zero-order chi connectivity index (χ0) is 14.0. The summed E-state index contributed by atoms with van der Waals surface area (Å²) in [5, 5.41) is 20.3. The van der Waals surface area contributed by atoms with Crippen LogP contribution in [0.15, 0.2) is 12.1 Å². The maximum atomic E-state index is 10.6. The summed E-state index contributed by atoms with van der Waals surface area (Å²) < 4.78 is 1.63. The van der Waals surface area contributed by atoms with Crippen LogP contribution in [0.2, 0.25) is 0 Å². The van der Waals surface area contributed by atoms with Gasteiger partial charge in [0.05, 0.1) is 12.1 Å². The molecule has 1 aromatic carbocycles. The van der Waals surface area contributed by atoms with Crippen molar-refractivity contribution in [2.24, 2.45) is 0 Å². The molecule has 0 aliphatic carbocycles. The summed E-state index contributed by atoms with van der Waals surface area (Å²) in [6.45, 7) is 6.03. The molecule has 1 heterocycles. The Labute approximate surface area is 111 Å². The van der Waals surface area contributed by atoms with E-state index in [1.807, 2.05) is 20.8 Å². The molecule has 2 aromatic rings. The molecular formula is C13H16N4O2. The number of carboxylic acid groups (broad SMARTS) is 1. The number of aromatic nitrogens is 4. The standard InChI is InChI=1S/C13H16N4O2/c1-8-6-9(2)13(10(3)7-8)17-11(14-15-16-17)4-5-12(18)19/h6-7H,4-5H2,1-3H3,(H,18,19). The van der Waals surface area contributed by atoms with Crippen molar-refractivity contribution in [2.45, 2.75) is 33.6 Å². The van der Waals surface area contributed by atoms with E-state index < -0.39 is 5.97 Å². The van der Waals surface area contributed by atoms with E-state index in [1.54, 1.807) is 4.68 Å². The highest BCUT2D eigenvalue weighted by Gasteiger charge is 2.14. The molecule has 1 N–H and O–H groups in total. The summed E-state index contributed by atoms with van der Waals surface area (Å²) in [5.74, 6) is -0.288. The predicted octanol–water partition coefficient (Wildman–Crippen LogP) is 1.60. The van der Waals surface area contributed by atoms with Crippen LogP contribution in [0.5, 0.6) is 0 Å². The summed E-state index contributed by atoms with van der Waals surface area (Å²) in [5.41, 5.74) is 4.25. The second-order valence-corrected chi connectivity index (χ2v) is 4.65. The molecule has 100 valence electrons. The molecule has 1 aromatic heterocycles. The topological polar surface area (TPSA) is 80.9 Å². The van der Waals surface area contributed by atoms with Gasteiger partial charge >= 0.3 is 5.97 Å². The van der Waals surface area contributed by atoms with Crippen LogP contribution >= 0.6 is 0 Å². The van der Waals surface area contributed by atoms with Crippen LogP contribution in [-0.4, -0.2) is 31.3 Å². The quantitative estimate of drug-likeness (QED) is 0.903. The van der Waals surface area contributed by atoms with E-state index in [1.165, 1.54) is 5.56 Å². The number of benzene rings is 1. The largest absolute Gasteiger partial charge is 0.481 e. The van der Waals surface area contributed by atoms with Crippen molar-refractivity contribution in [1.82, 2.24) is 20.2 Å². The molecule has 0 bridgehead atoms. The summed E-state index contributed by atoms with van der Waals surface area (Å²) in [6, 6.07) is 4.12. The van der Waals surface area contributed by atoms with Crippen molar-refractivity contribution in [3.8, 4) is 5.69 Å². The predicted molar refractivity (Wildman–Crippen MR) is 69.3 cm³/mol. The third-order valence-corrected chi connectivity index (χ3v) is 2.94. The third-order valence-electron chi connectivity index (χ3n) is 2.94. The van der Waals surface area contributed by atoms with Crippen LogP contribution in [0.3, 0.4) is 0 Å². The number of carboxylic acids is 1. The Morgan fingerprint density at radius 2 is 1.89 bits per heavy atom. The summed E-state index contributed by atoms with van der Waals surface area (Å²) in [6.07, 6.45) is 0.333. The lowest BCUT2D eigenvalue weighted by Crippen LogP contribution is -2.09. The van der Waals surface area contributed by atoms with Crippen molar-refractivity contribution >= 4 is 5.97 Å². The minimum atomic E-state index is -0.855. The number of hydrogen-bond donors (Lipinski definition) is 1. The molecule has 0 spiro atoms. The first-order valence-corrected chi connectivity index (χ1v) is 6.06. The Morgan fingerprint density at radius 3 is 2.47 bits per heavy atom. The normalized spacial score (nSPS) is 10.7. The Hall–Kier alpha value is -2.24. The van der Waals surface area contributed by atoms with Gasteiger partial charge in [0.15, 0.2) is 5.82 Å². The van der Waals surface area contributed by atoms with Gasteiger partial charge in [0, 0.05) is 6.42 Å². The van der Waals surface area contributed by atoms with E-state index >= 15 is 0 Å². The zero-order valence-electron chi connectivity index (χ0n) is 11.2. The molecule has 0 aliphatic rings. The zero-order valence-corrected chi connectivity index (χ0v) is 11.2. The van der Waals surface area contributed by atoms with Gasteiger partial charge in [-0.1, -0.05) is 17.7 Å². The average molecular weight is 260 g/mol. The lowest BCUT2D eigenvalue weighted by atomic mass is 10.1. The van der Waals surface area contributed by atoms with E-state index in [0.717, 1.165) is 16.8 Å². The van der Waals surface area contributed by atoms with Crippen molar-refractivity contribution in [3.05, 3.63) is 34.6 Å². The van der Waals surface area contributed by atoms with Gasteiger partial charge in [0.25, 0.3) is 0 Å². The second-order valence-electron chi connectivity index (χ2n) is 4.65. The maximum Gasteiger partial charge on any atom is 0.303 e. The second kappa shape index (κ2) is 5.17. The smallest absolute Gasteiger partial charge is 0.303 e. The van der Waals surface area contributed by atoms with Crippen LogP contribution < -0.4 is 0 Å². The van der Waals surface area contributed by atoms with Crippen molar-refractivity contribution in [2.75, 3.05) is 0 Å². The third kappa shape index (κ3) is 2.78. The first-order valence-electron chi connectivity index (χ1n) is 6.06. The van der Waals surface area contributed by atoms with Gasteiger partial charge < -0.3 is 5.11 Å². The van der Waals surface area contributed by atoms with E-state index in [0.29, 0.717) is 12.2 Å². The molecule has 6 heteroatoms. The van der Waals surface area contributed by atoms with Gasteiger partial charge in [-0.05, 0) is 42.3 Å². The fourth-order valence-electron chi connectivity index (χ4n) is 2.26. The number of carbonyl (C=O) groups is 1. The van der Waals surface area contributed by atoms with Crippen molar-refractivity contribution in [3.63, 3.8) is 0 Å². The summed E-state index contributed by atoms with van der Waals surface area (Å²) in [4.78, 5) is 10.6. The lowest BCUT2D eigenvalue weighted by Gasteiger charge is -2.12. The first kappa shape index (κ1) is 13.2. The van der Waals surface area contributed by atoms with Crippen LogP contribution in [0.4, 0.5) is 0 Å². The molecule has 0 saturated carbocycles. The molecule has 19 heavy (non-hydrogen) atoms. The highest BCUT2D eigenvalue weighted by Crippen LogP contribution is 2.21.